The summed E-state index contributed by atoms with van der Waals surface area (Å²) in [4.78, 5) is 23.6. The van der Waals surface area contributed by atoms with E-state index >= 15 is 0 Å². The van der Waals surface area contributed by atoms with Crippen molar-refractivity contribution >= 4 is 12.6 Å². The lowest BCUT2D eigenvalue weighted by Gasteiger charge is -2.35. The predicted molar refractivity (Wildman–Crippen MR) is 65.0 cm³/mol. The Morgan fingerprint density at radius 1 is 1.33 bits per heavy atom. The summed E-state index contributed by atoms with van der Waals surface area (Å²) in [5.41, 5.74) is 0. The highest BCUT2D eigenvalue weighted by Gasteiger charge is 2.32. The van der Waals surface area contributed by atoms with E-state index in [-0.39, 0.29) is 12.2 Å². The van der Waals surface area contributed by atoms with Crippen LogP contribution in [0.15, 0.2) is 0 Å². The summed E-state index contributed by atoms with van der Waals surface area (Å²) in [5, 5.41) is 0. The maximum Gasteiger partial charge on any atom is 0.409 e. The molecule has 1 aliphatic heterocycles. The van der Waals surface area contributed by atoms with Crippen molar-refractivity contribution in [1.82, 2.24) is 4.90 Å². The molecular weight excluding hydrogens is 234 g/mol. The number of ether oxygens (including phenoxy) is 2. The molecule has 102 valence electrons. The summed E-state index contributed by atoms with van der Waals surface area (Å²) in [5.74, 6) is 1.27. The van der Waals surface area contributed by atoms with E-state index < -0.39 is 0 Å². The van der Waals surface area contributed by atoms with Crippen molar-refractivity contribution in [2.45, 2.75) is 38.7 Å². The van der Waals surface area contributed by atoms with Gasteiger partial charge in [-0.25, -0.2) is 4.79 Å². The molecule has 0 aromatic heterocycles. The molecule has 2 aliphatic rings. The number of nitrogens with zero attached hydrogens (tertiary/aromatic N) is 1. The molecule has 0 bridgehead atoms. The molecule has 0 N–H and O–H groups in total. The molecule has 1 heterocycles. The third kappa shape index (κ3) is 2.94. The molecule has 5 nitrogen and oxygen atoms in total. The van der Waals surface area contributed by atoms with Crippen LogP contribution in [-0.2, 0) is 14.3 Å². The first kappa shape index (κ1) is 13.2. The van der Waals surface area contributed by atoms with Crippen LogP contribution in [0.2, 0.25) is 0 Å². The lowest BCUT2D eigenvalue weighted by Crippen LogP contribution is -2.35. The van der Waals surface area contributed by atoms with Crippen molar-refractivity contribution in [1.29, 1.82) is 0 Å². The van der Waals surface area contributed by atoms with Gasteiger partial charge in [0.2, 0.25) is 0 Å². The van der Waals surface area contributed by atoms with E-state index in [0.717, 1.165) is 5.92 Å². The minimum atomic E-state index is -0.270. The van der Waals surface area contributed by atoms with Gasteiger partial charge in [0.05, 0.1) is 13.2 Å². The molecular formula is C13H21NO4. The highest BCUT2D eigenvalue weighted by molar-refractivity contribution is 5.68. The first-order chi connectivity index (χ1) is 8.74. The van der Waals surface area contributed by atoms with Gasteiger partial charge in [-0.15, -0.1) is 0 Å². The second-order valence-corrected chi connectivity index (χ2v) is 5.17. The fourth-order valence-electron chi connectivity index (χ4n) is 2.75. The Kier molecular flexibility index (Phi) is 4.44. The van der Waals surface area contributed by atoms with Crippen LogP contribution in [0.4, 0.5) is 4.79 Å². The molecule has 2 fully saturated rings. The Balaban J connectivity index is 1.67. The van der Waals surface area contributed by atoms with Crippen molar-refractivity contribution in [2.24, 2.45) is 11.8 Å². The highest BCUT2D eigenvalue weighted by Crippen LogP contribution is 2.36. The minimum absolute atomic E-state index is 0.165. The third-order valence-corrected chi connectivity index (χ3v) is 4.17. The zero-order valence-electron chi connectivity index (χ0n) is 10.8. The Labute approximate surface area is 107 Å². The minimum Gasteiger partial charge on any atom is -0.463 e. The van der Waals surface area contributed by atoms with Gasteiger partial charge in [0.25, 0.3) is 6.47 Å². The lowest BCUT2D eigenvalue weighted by atomic mass is 9.73. The average Bonchev–Trinajstić information content (AvgIpc) is 2.77. The molecule has 0 spiro atoms. The third-order valence-electron chi connectivity index (χ3n) is 4.17. The van der Waals surface area contributed by atoms with Crippen molar-refractivity contribution in [3.8, 4) is 0 Å². The Morgan fingerprint density at radius 3 is 2.72 bits per heavy atom. The topological polar surface area (TPSA) is 55.8 Å². The molecule has 5 heteroatoms. The molecule has 0 aromatic rings. The Bertz CT molecular complexity index is 305. The number of rotatable bonds is 5. The van der Waals surface area contributed by atoms with Crippen LogP contribution < -0.4 is 0 Å². The number of likely N-dealkylation sites (tertiary alicyclic amines) is 1. The van der Waals surface area contributed by atoms with E-state index in [1.54, 1.807) is 4.90 Å². The number of hydrogen-bond donors (Lipinski definition) is 0. The Hall–Kier alpha value is -1.26. The molecule has 0 aromatic carbocycles. The first-order valence-corrected chi connectivity index (χ1v) is 6.75. The largest absolute Gasteiger partial charge is 0.463 e. The van der Waals surface area contributed by atoms with Gasteiger partial charge in [-0.1, -0.05) is 13.3 Å². The van der Waals surface area contributed by atoms with Crippen LogP contribution in [-0.4, -0.2) is 43.3 Å². The van der Waals surface area contributed by atoms with E-state index in [4.69, 9.17) is 9.47 Å². The van der Waals surface area contributed by atoms with Crippen LogP contribution in [0, 0.1) is 11.8 Å². The second-order valence-electron chi connectivity index (χ2n) is 5.17. The number of amides is 1. The van der Waals surface area contributed by atoms with E-state index in [1.807, 2.05) is 0 Å². The van der Waals surface area contributed by atoms with Gasteiger partial charge in [0.15, 0.2) is 0 Å². The SMILES string of the molecule is CCC1CCC1COC(=O)N1CCC(OC=O)C1. The molecule has 2 rings (SSSR count). The molecule has 0 radical (unpaired) electrons. The van der Waals surface area contributed by atoms with Gasteiger partial charge in [-0.05, 0) is 24.7 Å². The van der Waals surface area contributed by atoms with Crippen molar-refractivity contribution < 1.29 is 19.1 Å². The molecule has 3 atom stereocenters. The summed E-state index contributed by atoms with van der Waals surface area (Å²) in [6.45, 7) is 4.23. The zero-order valence-corrected chi connectivity index (χ0v) is 10.8. The average molecular weight is 255 g/mol. The lowest BCUT2D eigenvalue weighted by molar-refractivity contribution is -0.132. The molecule has 3 unspecified atom stereocenters. The Morgan fingerprint density at radius 2 is 2.11 bits per heavy atom. The molecule has 1 amide bonds. The van der Waals surface area contributed by atoms with E-state index in [0.29, 0.717) is 38.5 Å². The van der Waals surface area contributed by atoms with Crippen LogP contribution in [0.3, 0.4) is 0 Å². The predicted octanol–water partition coefficient (Wildman–Crippen LogP) is 1.81. The number of hydrogen-bond acceptors (Lipinski definition) is 4. The van der Waals surface area contributed by atoms with Crippen molar-refractivity contribution in [3.63, 3.8) is 0 Å². The van der Waals surface area contributed by atoms with Gasteiger partial charge < -0.3 is 14.4 Å². The molecule has 1 saturated carbocycles. The standard InChI is InChI=1S/C13H21NO4/c1-2-10-3-4-11(10)8-17-13(16)14-6-5-12(7-14)18-9-15/h9-12H,2-8H2,1H3. The zero-order chi connectivity index (χ0) is 13.0. The van der Waals surface area contributed by atoms with Crippen LogP contribution in [0.25, 0.3) is 0 Å². The van der Waals surface area contributed by atoms with Gasteiger partial charge >= 0.3 is 6.09 Å². The summed E-state index contributed by atoms with van der Waals surface area (Å²) in [7, 11) is 0. The second kappa shape index (κ2) is 6.07. The maximum absolute atomic E-state index is 11.8. The molecule has 18 heavy (non-hydrogen) atoms. The smallest absolute Gasteiger partial charge is 0.409 e. The summed E-state index contributed by atoms with van der Waals surface area (Å²) < 4.78 is 10.2. The first-order valence-electron chi connectivity index (χ1n) is 6.75. The van der Waals surface area contributed by atoms with E-state index in [1.165, 1.54) is 19.3 Å². The van der Waals surface area contributed by atoms with Gasteiger partial charge in [0.1, 0.15) is 6.10 Å². The highest BCUT2D eigenvalue weighted by atomic mass is 16.6. The van der Waals surface area contributed by atoms with Crippen LogP contribution in [0.5, 0.6) is 0 Å². The molecule has 1 aliphatic carbocycles. The van der Waals surface area contributed by atoms with Crippen LogP contribution >= 0.6 is 0 Å². The van der Waals surface area contributed by atoms with Crippen molar-refractivity contribution in [3.05, 3.63) is 0 Å². The fourth-order valence-corrected chi connectivity index (χ4v) is 2.75. The van der Waals surface area contributed by atoms with Crippen molar-refractivity contribution in [2.75, 3.05) is 19.7 Å². The summed E-state index contributed by atoms with van der Waals surface area (Å²) in [6.07, 6.45) is 3.87. The molecule has 1 saturated heterocycles. The van der Waals surface area contributed by atoms with Crippen LogP contribution in [0.1, 0.15) is 32.6 Å². The number of carbonyl (C=O) groups is 2. The van der Waals surface area contributed by atoms with E-state index in [2.05, 4.69) is 6.92 Å². The van der Waals surface area contributed by atoms with Gasteiger partial charge in [-0.3, -0.25) is 4.79 Å². The van der Waals surface area contributed by atoms with Gasteiger partial charge in [-0.2, -0.15) is 0 Å². The normalized spacial score (nSPS) is 30.7. The monoisotopic (exact) mass is 255 g/mol. The quantitative estimate of drug-likeness (QED) is 0.703. The summed E-state index contributed by atoms with van der Waals surface area (Å²) in [6, 6.07) is 0. The number of carbonyl (C=O) groups excluding carboxylic acids is 2. The summed E-state index contributed by atoms with van der Waals surface area (Å²) >= 11 is 0. The van der Waals surface area contributed by atoms with E-state index in [9.17, 15) is 9.59 Å². The fraction of sp³-hybridized carbons (Fsp3) is 0.846. The van der Waals surface area contributed by atoms with Gasteiger partial charge in [0, 0.05) is 13.0 Å². The maximum atomic E-state index is 11.8.